The fraction of sp³-hybridized carbons (Fsp3) is 0.958. The molecule has 0 aromatic rings. The van der Waals surface area contributed by atoms with Crippen LogP contribution in [0.4, 0.5) is 0 Å². The molecule has 0 saturated carbocycles. The van der Waals surface area contributed by atoms with Crippen molar-refractivity contribution in [2.75, 3.05) is 32.7 Å². The molecule has 32 heavy (non-hydrogen) atoms. The Morgan fingerprint density at radius 1 is 0.906 bits per heavy atom. The molecule has 190 valence electrons. The van der Waals surface area contributed by atoms with E-state index in [-0.39, 0.29) is 18.7 Å². The summed E-state index contributed by atoms with van der Waals surface area (Å²) in [6, 6.07) is 0. The van der Waals surface area contributed by atoms with E-state index in [1.165, 1.54) is 83.5 Å². The molecule has 1 fully saturated rings. The van der Waals surface area contributed by atoms with Crippen molar-refractivity contribution in [2.45, 2.75) is 116 Å². The quantitative estimate of drug-likeness (QED) is 0.0836. The lowest BCUT2D eigenvalue weighted by Crippen LogP contribution is -2.25. The molecule has 5 nitrogen and oxygen atoms in total. The van der Waals surface area contributed by atoms with Gasteiger partial charge < -0.3 is 18.5 Å². The third-order valence-electron chi connectivity index (χ3n) is 5.75. The summed E-state index contributed by atoms with van der Waals surface area (Å²) in [6.45, 7) is 3.42. The van der Waals surface area contributed by atoms with Crippen LogP contribution < -0.4 is 0 Å². The second-order valence-corrected chi connectivity index (χ2v) is 15.1. The van der Waals surface area contributed by atoms with Crippen molar-refractivity contribution in [2.24, 2.45) is 0 Å². The predicted molar refractivity (Wildman–Crippen MR) is 140 cm³/mol. The fourth-order valence-corrected chi connectivity index (χ4v) is 7.88. The zero-order chi connectivity index (χ0) is 23.3. The molecule has 0 N–H and O–H groups in total. The maximum absolute atomic E-state index is 12.0. The van der Waals surface area contributed by atoms with Crippen LogP contribution in [0.1, 0.15) is 110 Å². The van der Waals surface area contributed by atoms with E-state index in [1.54, 1.807) is 18.5 Å². The second-order valence-electron chi connectivity index (χ2n) is 8.65. The average molecular weight is 511 g/mol. The van der Waals surface area contributed by atoms with Crippen LogP contribution in [0.3, 0.4) is 0 Å². The topological polar surface area (TPSA) is 54.0 Å². The van der Waals surface area contributed by atoms with Gasteiger partial charge in [0.15, 0.2) is 0 Å². The highest BCUT2D eigenvalue weighted by molar-refractivity contribution is 8.68. The molecule has 0 amide bonds. The van der Waals surface area contributed by atoms with E-state index in [0.29, 0.717) is 19.6 Å². The van der Waals surface area contributed by atoms with Crippen molar-refractivity contribution in [1.29, 1.82) is 0 Å². The van der Waals surface area contributed by atoms with Gasteiger partial charge in [-0.2, -0.15) is 0 Å². The standard InChI is InChI=1S/C24H47O5PS2/c1-3-4-5-6-7-8-9-10-11-12-13-14-15-16-17-18-24(25)27-21-23(26-2)22-29-30(31)28-19-20-32-30/h23H,3-22H2,1-2H3. The summed E-state index contributed by atoms with van der Waals surface area (Å²) in [5.74, 6) is 0.722. The van der Waals surface area contributed by atoms with Gasteiger partial charge in [0.25, 0.3) is 0 Å². The van der Waals surface area contributed by atoms with E-state index in [4.69, 9.17) is 30.3 Å². The molecule has 2 atom stereocenters. The van der Waals surface area contributed by atoms with Crippen LogP contribution in [0.2, 0.25) is 0 Å². The second kappa shape index (κ2) is 20.7. The Morgan fingerprint density at radius 3 is 1.91 bits per heavy atom. The number of rotatable bonds is 22. The molecule has 1 aliphatic rings. The van der Waals surface area contributed by atoms with Crippen LogP contribution in [-0.4, -0.2) is 44.8 Å². The molecule has 0 aromatic heterocycles. The molecule has 0 bridgehead atoms. The van der Waals surface area contributed by atoms with Gasteiger partial charge in [-0.3, -0.25) is 4.79 Å². The highest BCUT2D eigenvalue weighted by atomic mass is 32.9. The van der Waals surface area contributed by atoms with Crippen molar-refractivity contribution in [1.82, 2.24) is 0 Å². The molecule has 1 rings (SSSR count). The minimum atomic E-state index is -2.20. The van der Waals surface area contributed by atoms with Crippen molar-refractivity contribution >= 4 is 34.9 Å². The number of hydrogen-bond donors (Lipinski definition) is 0. The summed E-state index contributed by atoms with van der Waals surface area (Å²) in [4.78, 5) is 12.0. The van der Waals surface area contributed by atoms with Crippen molar-refractivity contribution < 1.29 is 23.3 Å². The summed E-state index contributed by atoms with van der Waals surface area (Å²) in [7, 11) is 1.59. The van der Waals surface area contributed by atoms with E-state index < -0.39 is 5.69 Å². The molecule has 8 heteroatoms. The van der Waals surface area contributed by atoms with Crippen LogP contribution >= 0.6 is 17.1 Å². The van der Waals surface area contributed by atoms with E-state index >= 15 is 0 Å². The minimum absolute atomic E-state index is 0.156. The lowest BCUT2D eigenvalue weighted by atomic mass is 10.0. The molecule has 0 aliphatic carbocycles. The first-order chi connectivity index (χ1) is 15.6. The van der Waals surface area contributed by atoms with Crippen molar-refractivity contribution in [3.8, 4) is 0 Å². The minimum Gasteiger partial charge on any atom is -0.463 e. The smallest absolute Gasteiger partial charge is 0.305 e. The highest BCUT2D eigenvalue weighted by Gasteiger charge is 2.27. The van der Waals surface area contributed by atoms with Gasteiger partial charge in [0.2, 0.25) is 5.69 Å². The van der Waals surface area contributed by atoms with Gasteiger partial charge in [0.05, 0.1) is 13.2 Å². The normalized spacial score (nSPS) is 19.3. The molecule has 1 aliphatic heterocycles. The third kappa shape index (κ3) is 16.9. The number of esters is 1. The van der Waals surface area contributed by atoms with Gasteiger partial charge in [-0.25, -0.2) is 0 Å². The summed E-state index contributed by atoms with van der Waals surface area (Å²) < 4.78 is 21.9. The van der Waals surface area contributed by atoms with Crippen LogP contribution in [-0.2, 0) is 35.1 Å². The Morgan fingerprint density at radius 2 is 1.44 bits per heavy atom. The number of hydrogen-bond acceptors (Lipinski definition) is 7. The average Bonchev–Trinajstić information content (AvgIpc) is 3.23. The van der Waals surface area contributed by atoms with E-state index in [2.05, 4.69) is 6.92 Å². The molecule has 0 radical (unpaired) electrons. The van der Waals surface area contributed by atoms with Gasteiger partial charge in [0, 0.05) is 19.3 Å². The number of carbonyl (C=O) groups is 1. The Kier molecular flexibility index (Phi) is 19.7. The maximum atomic E-state index is 12.0. The largest absolute Gasteiger partial charge is 0.463 e. The van der Waals surface area contributed by atoms with Crippen molar-refractivity contribution in [3.05, 3.63) is 0 Å². The van der Waals surface area contributed by atoms with Gasteiger partial charge in [-0.15, -0.1) is 0 Å². The van der Waals surface area contributed by atoms with Gasteiger partial charge in [0.1, 0.15) is 12.7 Å². The van der Waals surface area contributed by atoms with E-state index in [1.807, 2.05) is 0 Å². The zero-order valence-corrected chi connectivity index (χ0v) is 23.1. The Hall–Kier alpha value is 0.350. The monoisotopic (exact) mass is 510 g/mol. The number of methoxy groups -OCH3 is 1. The summed E-state index contributed by atoms with van der Waals surface area (Å²) >= 11 is 6.95. The summed E-state index contributed by atoms with van der Waals surface area (Å²) in [6.07, 6.45) is 20.0. The Balaban J connectivity index is 1.86. The predicted octanol–water partition coefficient (Wildman–Crippen LogP) is 7.81. The Labute approximate surface area is 206 Å². The highest BCUT2D eigenvalue weighted by Crippen LogP contribution is 2.64. The van der Waals surface area contributed by atoms with Gasteiger partial charge >= 0.3 is 5.97 Å². The summed E-state index contributed by atoms with van der Waals surface area (Å²) in [5, 5.41) is 0. The first kappa shape index (κ1) is 30.4. The van der Waals surface area contributed by atoms with Crippen LogP contribution in [0, 0.1) is 0 Å². The van der Waals surface area contributed by atoms with Gasteiger partial charge in [-0.05, 0) is 18.2 Å². The maximum Gasteiger partial charge on any atom is 0.305 e. The Bertz CT molecular complexity index is 497. The van der Waals surface area contributed by atoms with Crippen LogP contribution in [0.15, 0.2) is 0 Å². The van der Waals surface area contributed by atoms with Crippen LogP contribution in [0.25, 0.3) is 0 Å². The molecule has 1 saturated heterocycles. The number of unbranched alkanes of at least 4 members (excludes halogenated alkanes) is 14. The van der Waals surface area contributed by atoms with Crippen LogP contribution in [0.5, 0.6) is 0 Å². The van der Waals surface area contributed by atoms with Crippen molar-refractivity contribution in [3.63, 3.8) is 0 Å². The zero-order valence-electron chi connectivity index (χ0n) is 20.5. The number of carbonyl (C=O) groups excluding carboxylic acids is 1. The van der Waals surface area contributed by atoms with Gasteiger partial charge in [-0.1, -0.05) is 108 Å². The number of ether oxygens (including phenoxy) is 2. The summed E-state index contributed by atoms with van der Waals surface area (Å²) in [5.41, 5.74) is -2.20. The lowest BCUT2D eigenvalue weighted by molar-refractivity contribution is -0.148. The molecular weight excluding hydrogens is 463 g/mol. The third-order valence-corrected chi connectivity index (χ3v) is 11.1. The molecule has 2 unspecified atom stereocenters. The first-order valence-corrected chi connectivity index (χ1v) is 17.0. The van der Waals surface area contributed by atoms with E-state index in [0.717, 1.165) is 18.6 Å². The SMILES string of the molecule is CCCCCCCCCCCCCCCCCC(=O)OCC(COP1(=S)OCCS1)OC. The molecule has 0 spiro atoms. The first-order valence-electron chi connectivity index (χ1n) is 12.8. The molecular formula is C24H47O5PS2. The molecule has 1 heterocycles. The fourth-order valence-electron chi connectivity index (χ4n) is 3.67. The molecule has 0 aromatic carbocycles. The lowest BCUT2D eigenvalue weighted by Gasteiger charge is -2.19. The van der Waals surface area contributed by atoms with E-state index in [9.17, 15) is 4.79 Å².